The molecule has 23 heavy (non-hydrogen) atoms. The van der Waals surface area contributed by atoms with Crippen molar-refractivity contribution in [1.82, 2.24) is 9.97 Å². The minimum absolute atomic E-state index is 0.543. The topological polar surface area (TPSA) is 67.1 Å². The van der Waals surface area contributed by atoms with E-state index in [-0.39, 0.29) is 0 Å². The van der Waals surface area contributed by atoms with Crippen LogP contribution < -0.4 is 16.0 Å². The fraction of sp³-hybridized carbons (Fsp3) is 0.412. The molecule has 1 aliphatic rings. The van der Waals surface area contributed by atoms with E-state index in [1.807, 2.05) is 6.07 Å². The lowest BCUT2D eigenvalue weighted by Crippen LogP contribution is -2.20. The molecule has 2 aromatic rings. The van der Waals surface area contributed by atoms with Crippen molar-refractivity contribution in [3.8, 4) is 0 Å². The molecule has 0 saturated carbocycles. The van der Waals surface area contributed by atoms with Crippen molar-refractivity contribution in [1.29, 1.82) is 0 Å². The Kier molecular flexibility index (Phi) is 4.86. The first kappa shape index (κ1) is 15.9. The molecule has 1 saturated heterocycles. The highest BCUT2D eigenvalue weighted by Crippen LogP contribution is 2.26. The van der Waals surface area contributed by atoms with E-state index in [2.05, 4.69) is 33.2 Å². The number of benzene rings is 1. The quantitative estimate of drug-likeness (QED) is 0.810. The van der Waals surface area contributed by atoms with Gasteiger partial charge in [0.1, 0.15) is 5.82 Å². The second-order valence-electron chi connectivity index (χ2n) is 5.85. The summed E-state index contributed by atoms with van der Waals surface area (Å²) in [6.07, 6.45) is 4.46. The number of nitrogens with one attached hydrogen (secondary N) is 1. The predicted octanol–water partition coefficient (Wildman–Crippen LogP) is 4.01. The molecule has 1 aliphatic heterocycles. The second-order valence-corrected chi connectivity index (χ2v) is 6.25. The van der Waals surface area contributed by atoms with Gasteiger partial charge in [-0.25, -0.2) is 4.98 Å². The molecule has 0 atom stereocenters. The molecule has 3 N–H and O–H groups in total. The van der Waals surface area contributed by atoms with E-state index in [0.29, 0.717) is 16.7 Å². The van der Waals surface area contributed by atoms with E-state index in [1.54, 1.807) is 12.1 Å². The van der Waals surface area contributed by atoms with E-state index in [0.717, 1.165) is 43.1 Å². The zero-order valence-corrected chi connectivity index (χ0v) is 14.1. The van der Waals surface area contributed by atoms with Crippen molar-refractivity contribution in [2.24, 2.45) is 0 Å². The molecule has 0 spiro atoms. The highest BCUT2D eigenvalue weighted by Gasteiger charge is 2.16. The average Bonchev–Trinajstić information content (AvgIpc) is 3.06. The summed E-state index contributed by atoms with van der Waals surface area (Å²) < 4.78 is 0. The van der Waals surface area contributed by atoms with Crippen LogP contribution in [0.3, 0.4) is 0 Å². The number of nitrogens with two attached hydrogens (primary N) is 1. The monoisotopic (exact) mass is 331 g/mol. The predicted molar refractivity (Wildman–Crippen MR) is 96.6 cm³/mol. The number of hydrogen-bond acceptors (Lipinski definition) is 5. The molecule has 5 nitrogen and oxygen atoms in total. The van der Waals surface area contributed by atoms with Gasteiger partial charge in [0, 0.05) is 30.5 Å². The second kappa shape index (κ2) is 7.04. The number of rotatable bonds is 5. The summed E-state index contributed by atoms with van der Waals surface area (Å²) in [6.45, 7) is 4.29. The third kappa shape index (κ3) is 3.85. The lowest BCUT2D eigenvalue weighted by atomic mass is 10.2. The van der Waals surface area contributed by atoms with Crippen LogP contribution >= 0.6 is 11.6 Å². The van der Waals surface area contributed by atoms with Crippen molar-refractivity contribution in [3.05, 3.63) is 35.0 Å². The third-order valence-corrected chi connectivity index (χ3v) is 4.30. The molecule has 0 amide bonds. The highest BCUT2D eigenvalue weighted by molar-refractivity contribution is 6.33. The summed E-state index contributed by atoms with van der Waals surface area (Å²) >= 11 is 5.97. The fourth-order valence-electron chi connectivity index (χ4n) is 2.78. The Morgan fingerprint density at radius 3 is 2.70 bits per heavy atom. The average molecular weight is 332 g/mol. The van der Waals surface area contributed by atoms with Crippen molar-refractivity contribution >= 4 is 34.7 Å². The Hall–Kier alpha value is -2.01. The van der Waals surface area contributed by atoms with Gasteiger partial charge in [-0.05, 0) is 37.5 Å². The van der Waals surface area contributed by atoms with Crippen LogP contribution in [0.15, 0.2) is 24.3 Å². The lowest BCUT2D eigenvalue weighted by Gasteiger charge is -2.18. The Bertz CT molecular complexity index is 683. The van der Waals surface area contributed by atoms with Crippen molar-refractivity contribution in [2.75, 3.05) is 29.0 Å². The number of nitrogen functional groups attached to an aromatic ring is 1. The van der Waals surface area contributed by atoms with Gasteiger partial charge in [-0.2, -0.15) is 4.98 Å². The maximum absolute atomic E-state index is 5.97. The first-order valence-electron chi connectivity index (χ1n) is 8.10. The van der Waals surface area contributed by atoms with Crippen LogP contribution in [0.1, 0.15) is 31.9 Å². The summed E-state index contributed by atoms with van der Waals surface area (Å²) in [6, 6.07) is 7.56. The standard InChI is InChI=1S/C17H22ClN5/c1-2-5-12-11-16(23-8-3-4-9-23)22-17(20-12)21-13-6-7-14(18)15(19)10-13/h6-7,10-11H,2-5,8-9,19H2,1H3,(H,20,21,22). The molecule has 2 heterocycles. The summed E-state index contributed by atoms with van der Waals surface area (Å²) in [5.41, 5.74) is 8.31. The Balaban J connectivity index is 1.88. The largest absolute Gasteiger partial charge is 0.397 e. The van der Waals surface area contributed by atoms with Crippen molar-refractivity contribution < 1.29 is 0 Å². The van der Waals surface area contributed by atoms with Gasteiger partial charge in [-0.15, -0.1) is 0 Å². The van der Waals surface area contributed by atoms with Crippen molar-refractivity contribution in [3.63, 3.8) is 0 Å². The maximum Gasteiger partial charge on any atom is 0.229 e. The molecular weight excluding hydrogens is 310 g/mol. The lowest BCUT2D eigenvalue weighted by molar-refractivity contribution is 0.859. The zero-order valence-electron chi connectivity index (χ0n) is 13.3. The molecule has 0 aliphatic carbocycles. The first-order chi connectivity index (χ1) is 11.2. The van der Waals surface area contributed by atoms with Gasteiger partial charge in [0.25, 0.3) is 0 Å². The van der Waals surface area contributed by atoms with E-state index in [1.165, 1.54) is 12.8 Å². The van der Waals surface area contributed by atoms with Crippen LogP contribution in [0.4, 0.5) is 23.1 Å². The third-order valence-electron chi connectivity index (χ3n) is 3.95. The highest BCUT2D eigenvalue weighted by atomic mass is 35.5. The van der Waals surface area contributed by atoms with E-state index >= 15 is 0 Å². The van der Waals surface area contributed by atoms with E-state index < -0.39 is 0 Å². The number of aryl methyl sites for hydroxylation is 1. The molecule has 3 rings (SSSR count). The minimum atomic E-state index is 0.543. The number of nitrogens with zero attached hydrogens (tertiary/aromatic N) is 3. The Morgan fingerprint density at radius 2 is 2.00 bits per heavy atom. The van der Waals surface area contributed by atoms with Crippen LogP contribution in [0.2, 0.25) is 5.02 Å². The van der Waals surface area contributed by atoms with Gasteiger partial charge in [0.05, 0.1) is 10.7 Å². The molecule has 1 aromatic carbocycles. The van der Waals surface area contributed by atoms with Gasteiger partial charge < -0.3 is 16.0 Å². The molecule has 122 valence electrons. The smallest absolute Gasteiger partial charge is 0.229 e. The normalized spacial score (nSPS) is 14.3. The zero-order chi connectivity index (χ0) is 16.2. The van der Waals surface area contributed by atoms with Crippen LogP contribution in [-0.2, 0) is 6.42 Å². The van der Waals surface area contributed by atoms with Gasteiger partial charge >= 0.3 is 0 Å². The molecule has 0 unspecified atom stereocenters. The molecule has 6 heteroatoms. The fourth-order valence-corrected chi connectivity index (χ4v) is 2.90. The SMILES string of the molecule is CCCc1cc(N2CCCC2)nc(Nc2ccc(Cl)c(N)c2)n1. The number of halogens is 1. The van der Waals surface area contributed by atoms with Gasteiger partial charge in [0.2, 0.25) is 5.95 Å². The number of aromatic nitrogens is 2. The summed E-state index contributed by atoms with van der Waals surface area (Å²) in [7, 11) is 0. The van der Waals surface area contributed by atoms with Crippen LogP contribution in [0.25, 0.3) is 0 Å². The number of anilines is 4. The Morgan fingerprint density at radius 1 is 1.22 bits per heavy atom. The summed E-state index contributed by atoms with van der Waals surface area (Å²) in [4.78, 5) is 11.6. The van der Waals surface area contributed by atoms with E-state index in [4.69, 9.17) is 17.3 Å². The van der Waals surface area contributed by atoms with Gasteiger partial charge in [-0.3, -0.25) is 0 Å². The summed E-state index contributed by atoms with van der Waals surface area (Å²) in [5.74, 6) is 1.62. The minimum Gasteiger partial charge on any atom is -0.397 e. The first-order valence-corrected chi connectivity index (χ1v) is 8.48. The van der Waals surface area contributed by atoms with Crippen LogP contribution in [0.5, 0.6) is 0 Å². The van der Waals surface area contributed by atoms with Crippen LogP contribution in [-0.4, -0.2) is 23.1 Å². The molecule has 1 fully saturated rings. The van der Waals surface area contributed by atoms with Crippen LogP contribution in [0, 0.1) is 0 Å². The maximum atomic E-state index is 5.97. The molecule has 0 radical (unpaired) electrons. The summed E-state index contributed by atoms with van der Waals surface area (Å²) in [5, 5.41) is 3.80. The van der Waals surface area contributed by atoms with E-state index in [9.17, 15) is 0 Å². The van der Waals surface area contributed by atoms with Crippen molar-refractivity contribution in [2.45, 2.75) is 32.6 Å². The molecule has 0 bridgehead atoms. The molecular formula is C17H22ClN5. The Labute approximate surface area is 141 Å². The van der Waals surface area contributed by atoms with Gasteiger partial charge in [0.15, 0.2) is 0 Å². The van der Waals surface area contributed by atoms with Gasteiger partial charge in [-0.1, -0.05) is 24.9 Å². The molecule has 1 aromatic heterocycles. The number of hydrogen-bond donors (Lipinski definition) is 2.